The minimum atomic E-state index is 0.546. The van der Waals surface area contributed by atoms with Crippen LogP contribution in [0.5, 0.6) is 0 Å². The van der Waals surface area contributed by atoms with Gasteiger partial charge in [0.2, 0.25) is 0 Å². The van der Waals surface area contributed by atoms with Crippen LogP contribution in [0.3, 0.4) is 0 Å². The number of nitrogens with zero attached hydrogens (tertiary/aromatic N) is 6. The Morgan fingerprint density at radius 3 is 2.69 bits per heavy atom. The highest BCUT2D eigenvalue weighted by Crippen LogP contribution is 2.27. The van der Waals surface area contributed by atoms with Gasteiger partial charge in [0.25, 0.3) is 0 Å². The molecule has 0 saturated carbocycles. The van der Waals surface area contributed by atoms with Crippen LogP contribution < -0.4 is 10.6 Å². The molecule has 0 amide bonds. The second-order valence-corrected chi connectivity index (χ2v) is 7.05. The standard InChI is InChI=1S/C21H23N7O/c22-5-7-27-15-17(14-24-27)21-25-19(13-20-23-6-8-28(20)21)16-1-3-18(4-2-16)26-9-11-29-12-10-26/h1-4,6,8,13-15H,5,7,9-12,22H2. The van der Waals surface area contributed by atoms with Gasteiger partial charge in [-0.2, -0.15) is 5.10 Å². The zero-order chi connectivity index (χ0) is 19.6. The maximum Gasteiger partial charge on any atom is 0.149 e. The first-order valence-corrected chi connectivity index (χ1v) is 9.82. The van der Waals surface area contributed by atoms with Crippen LogP contribution in [0.2, 0.25) is 0 Å². The molecule has 8 nitrogen and oxygen atoms in total. The van der Waals surface area contributed by atoms with Gasteiger partial charge < -0.3 is 15.4 Å². The lowest BCUT2D eigenvalue weighted by atomic mass is 10.1. The Bertz CT molecular complexity index is 1110. The first kappa shape index (κ1) is 17.8. The fourth-order valence-electron chi connectivity index (χ4n) is 3.67. The average Bonchev–Trinajstić information content (AvgIpc) is 3.44. The second kappa shape index (κ2) is 7.65. The van der Waals surface area contributed by atoms with Crippen LogP contribution in [0, 0.1) is 0 Å². The van der Waals surface area contributed by atoms with Crippen molar-refractivity contribution >= 4 is 11.3 Å². The van der Waals surface area contributed by atoms with Gasteiger partial charge in [-0.25, -0.2) is 9.97 Å². The van der Waals surface area contributed by atoms with Gasteiger partial charge in [0.15, 0.2) is 0 Å². The predicted molar refractivity (Wildman–Crippen MR) is 112 cm³/mol. The Kier molecular flexibility index (Phi) is 4.71. The third-order valence-electron chi connectivity index (χ3n) is 5.18. The van der Waals surface area contributed by atoms with Crippen molar-refractivity contribution in [1.82, 2.24) is 24.1 Å². The van der Waals surface area contributed by atoms with E-state index in [1.54, 1.807) is 6.20 Å². The van der Waals surface area contributed by atoms with E-state index in [1.165, 1.54) is 5.69 Å². The maximum absolute atomic E-state index is 5.65. The number of hydrogen-bond acceptors (Lipinski definition) is 6. The number of nitrogens with two attached hydrogens (primary N) is 1. The third-order valence-corrected chi connectivity index (χ3v) is 5.18. The van der Waals surface area contributed by atoms with Crippen LogP contribution >= 0.6 is 0 Å². The first-order valence-electron chi connectivity index (χ1n) is 9.82. The Balaban J connectivity index is 1.51. The van der Waals surface area contributed by atoms with Gasteiger partial charge in [-0.05, 0) is 12.1 Å². The van der Waals surface area contributed by atoms with Gasteiger partial charge in [0.05, 0.1) is 37.2 Å². The average molecular weight is 389 g/mol. The molecule has 4 heterocycles. The highest BCUT2D eigenvalue weighted by atomic mass is 16.5. The molecule has 4 aromatic rings. The Morgan fingerprint density at radius 2 is 1.90 bits per heavy atom. The molecule has 29 heavy (non-hydrogen) atoms. The van der Waals surface area contributed by atoms with Gasteiger partial charge in [-0.1, -0.05) is 12.1 Å². The number of benzene rings is 1. The molecule has 0 aliphatic carbocycles. The van der Waals surface area contributed by atoms with Crippen LogP contribution in [0.4, 0.5) is 5.69 Å². The molecular weight excluding hydrogens is 366 g/mol. The zero-order valence-electron chi connectivity index (χ0n) is 16.1. The number of fused-ring (bicyclic) bond motifs is 1. The molecule has 0 radical (unpaired) electrons. The largest absolute Gasteiger partial charge is 0.378 e. The van der Waals surface area contributed by atoms with E-state index < -0.39 is 0 Å². The molecule has 1 aliphatic rings. The summed E-state index contributed by atoms with van der Waals surface area (Å²) in [5.74, 6) is 0.815. The topological polar surface area (TPSA) is 86.5 Å². The Labute approximate surface area is 168 Å². The van der Waals surface area contributed by atoms with Gasteiger partial charge in [-0.3, -0.25) is 9.08 Å². The van der Waals surface area contributed by atoms with Crippen molar-refractivity contribution in [3.8, 4) is 22.6 Å². The van der Waals surface area contributed by atoms with E-state index in [2.05, 4.69) is 39.2 Å². The molecule has 0 bridgehead atoms. The van der Waals surface area contributed by atoms with Crippen LogP contribution in [0.15, 0.2) is 55.1 Å². The molecule has 0 spiro atoms. The van der Waals surface area contributed by atoms with E-state index in [4.69, 9.17) is 15.5 Å². The number of hydrogen-bond donors (Lipinski definition) is 1. The van der Waals surface area contributed by atoms with Gasteiger partial charge in [0.1, 0.15) is 11.5 Å². The smallest absolute Gasteiger partial charge is 0.149 e. The van der Waals surface area contributed by atoms with E-state index in [1.807, 2.05) is 33.7 Å². The lowest BCUT2D eigenvalue weighted by Crippen LogP contribution is -2.36. The van der Waals surface area contributed by atoms with Crippen molar-refractivity contribution < 1.29 is 4.74 Å². The molecule has 5 rings (SSSR count). The summed E-state index contributed by atoms with van der Waals surface area (Å²) in [5.41, 5.74) is 10.6. The van der Waals surface area contributed by atoms with E-state index in [-0.39, 0.29) is 0 Å². The summed E-state index contributed by atoms with van der Waals surface area (Å²) in [5, 5.41) is 4.39. The van der Waals surface area contributed by atoms with Crippen molar-refractivity contribution in [3.05, 3.63) is 55.1 Å². The van der Waals surface area contributed by atoms with E-state index in [0.29, 0.717) is 13.1 Å². The molecule has 1 aromatic carbocycles. The van der Waals surface area contributed by atoms with Crippen molar-refractivity contribution in [1.29, 1.82) is 0 Å². The fourth-order valence-corrected chi connectivity index (χ4v) is 3.67. The van der Waals surface area contributed by atoms with Crippen molar-refractivity contribution in [3.63, 3.8) is 0 Å². The normalized spacial score (nSPS) is 14.6. The van der Waals surface area contributed by atoms with Gasteiger partial charge in [0, 0.05) is 55.5 Å². The molecule has 1 saturated heterocycles. The number of anilines is 1. The molecule has 148 valence electrons. The zero-order valence-corrected chi connectivity index (χ0v) is 16.1. The number of ether oxygens (including phenoxy) is 1. The molecular formula is C21H23N7O. The molecule has 0 unspecified atom stereocenters. The van der Waals surface area contributed by atoms with Gasteiger partial charge >= 0.3 is 0 Å². The first-order chi connectivity index (χ1) is 14.3. The highest BCUT2D eigenvalue weighted by molar-refractivity contribution is 5.70. The van der Waals surface area contributed by atoms with Crippen molar-refractivity contribution in [2.24, 2.45) is 5.73 Å². The van der Waals surface area contributed by atoms with Gasteiger partial charge in [-0.15, -0.1) is 0 Å². The summed E-state index contributed by atoms with van der Waals surface area (Å²) in [4.78, 5) is 11.8. The second-order valence-electron chi connectivity index (χ2n) is 7.05. The van der Waals surface area contributed by atoms with Crippen LogP contribution in [0.25, 0.3) is 28.3 Å². The Morgan fingerprint density at radius 1 is 1.07 bits per heavy atom. The van der Waals surface area contributed by atoms with Crippen LogP contribution in [0.1, 0.15) is 0 Å². The lowest BCUT2D eigenvalue weighted by Gasteiger charge is -2.28. The highest BCUT2D eigenvalue weighted by Gasteiger charge is 2.14. The number of imidazole rings is 1. The maximum atomic E-state index is 5.65. The van der Waals surface area contributed by atoms with Crippen molar-refractivity contribution in [2.75, 3.05) is 37.7 Å². The number of aromatic nitrogens is 5. The molecule has 1 aliphatic heterocycles. The predicted octanol–water partition coefficient (Wildman–Crippen LogP) is 2.06. The number of rotatable bonds is 5. The summed E-state index contributed by atoms with van der Waals surface area (Å²) in [6.45, 7) is 4.63. The summed E-state index contributed by atoms with van der Waals surface area (Å²) < 4.78 is 9.26. The van der Waals surface area contributed by atoms with E-state index in [9.17, 15) is 0 Å². The summed E-state index contributed by atoms with van der Waals surface area (Å²) in [7, 11) is 0. The van der Waals surface area contributed by atoms with E-state index in [0.717, 1.165) is 54.6 Å². The lowest BCUT2D eigenvalue weighted by molar-refractivity contribution is 0.122. The summed E-state index contributed by atoms with van der Waals surface area (Å²) >= 11 is 0. The SMILES string of the molecule is NCCn1cc(-c2nc(-c3ccc(N4CCOCC4)cc3)cc3nccn23)cn1. The minimum absolute atomic E-state index is 0.546. The quantitative estimate of drug-likeness (QED) is 0.562. The van der Waals surface area contributed by atoms with Crippen LogP contribution in [-0.4, -0.2) is 57.0 Å². The van der Waals surface area contributed by atoms with Crippen molar-refractivity contribution in [2.45, 2.75) is 6.54 Å². The molecule has 1 fully saturated rings. The summed E-state index contributed by atoms with van der Waals surface area (Å²) in [6.07, 6.45) is 7.50. The fraction of sp³-hybridized carbons (Fsp3) is 0.286. The van der Waals surface area contributed by atoms with Crippen LogP contribution in [-0.2, 0) is 11.3 Å². The number of morpholine rings is 1. The Hall–Kier alpha value is -3.23. The monoisotopic (exact) mass is 389 g/mol. The molecule has 3 aromatic heterocycles. The molecule has 2 N–H and O–H groups in total. The van der Waals surface area contributed by atoms with E-state index >= 15 is 0 Å². The third kappa shape index (κ3) is 3.48. The molecule has 0 atom stereocenters. The minimum Gasteiger partial charge on any atom is -0.378 e. The summed E-state index contributed by atoms with van der Waals surface area (Å²) in [6, 6.07) is 10.5. The molecule has 8 heteroatoms.